The normalized spacial score (nSPS) is 11.9. The molecule has 0 heterocycles. The molecule has 0 bridgehead atoms. The molecule has 2 N–H and O–H groups in total. The lowest BCUT2D eigenvalue weighted by Crippen LogP contribution is -2.10. The van der Waals surface area contributed by atoms with E-state index in [4.69, 9.17) is 15.2 Å². The topological polar surface area (TPSA) is 44.5 Å². The van der Waals surface area contributed by atoms with Gasteiger partial charge in [0.25, 0.3) is 0 Å². The van der Waals surface area contributed by atoms with Crippen LogP contribution in [0.4, 0.5) is 4.39 Å². The third kappa shape index (κ3) is 3.96. The van der Waals surface area contributed by atoms with Gasteiger partial charge < -0.3 is 15.2 Å². The van der Waals surface area contributed by atoms with Gasteiger partial charge in [0, 0.05) is 17.7 Å². The van der Waals surface area contributed by atoms with Crippen LogP contribution in [0.2, 0.25) is 0 Å². The van der Waals surface area contributed by atoms with E-state index in [1.165, 1.54) is 6.07 Å². The van der Waals surface area contributed by atoms with Gasteiger partial charge in [-0.15, -0.1) is 0 Å². The Morgan fingerprint density at radius 3 is 2.25 bits per heavy atom. The summed E-state index contributed by atoms with van der Waals surface area (Å²) in [6.45, 7) is 2.50. The van der Waals surface area contributed by atoms with Gasteiger partial charge in [-0.3, -0.25) is 0 Å². The summed E-state index contributed by atoms with van der Waals surface area (Å²) in [7, 11) is 0. The molecule has 0 aliphatic carbocycles. The maximum Gasteiger partial charge on any atom is 0.131 e. The first kappa shape index (κ1) is 14.3. The average molecular weight is 275 g/mol. The smallest absolute Gasteiger partial charge is 0.131 e. The fourth-order valence-corrected chi connectivity index (χ4v) is 1.80. The first-order valence-corrected chi connectivity index (χ1v) is 6.52. The molecule has 0 unspecified atom stereocenters. The van der Waals surface area contributed by atoms with Crippen LogP contribution in [-0.4, -0.2) is 13.2 Å². The van der Waals surface area contributed by atoms with Gasteiger partial charge in [0.2, 0.25) is 0 Å². The zero-order valence-electron chi connectivity index (χ0n) is 11.4. The van der Waals surface area contributed by atoms with Crippen molar-refractivity contribution in [3.8, 4) is 11.5 Å². The van der Waals surface area contributed by atoms with Crippen molar-refractivity contribution in [2.45, 2.75) is 13.0 Å². The van der Waals surface area contributed by atoms with E-state index in [0.29, 0.717) is 24.5 Å². The zero-order chi connectivity index (χ0) is 14.4. The van der Waals surface area contributed by atoms with Gasteiger partial charge in [0.05, 0.1) is 0 Å². The lowest BCUT2D eigenvalue weighted by atomic mass is 10.1. The van der Waals surface area contributed by atoms with E-state index in [2.05, 4.69) is 0 Å². The molecule has 0 aliphatic rings. The largest absolute Gasteiger partial charge is 0.490 e. The molecule has 0 spiro atoms. The van der Waals surface area contributed by atoms with Crippen LogP contribution in [0.5, 0.6) is 11.5 Å². The second kappa shape index (κ2) is 6.91. The minimum Gasteiger partial charge on any atom is -0.490 e. The maximum absolute atomic E-state index is 13.7. The zero-order valence-corrected chi connectivity index (χ0v) is 11.4. The fourth-order valence-electron chi connectivity index (χ4n) is 1.80. The highest BCUT2D eigenvalue weighted by atomic mass is 19.1. The molecule has 3 nitrogen and oxygen atoms in total. The molecule has 0 amide bonds. The molecule has 0 saturated carbocycles. The lowest BCUT2D eigenvalue weighted by Gasteiger charge is -2.11. The Hall–Kier alpha value is -2.07. The molecule has 1 atom stereocenters. The van der Waals surface area contributed by atoms with Crippen LogP contribution in [0, 0.1) is 5.82 Å². The summed E-state index contributed by atoms with van der Waals surface area (Å²) in [5.41, 5.74) is 6.13. The average Bonchev–Trinajstić information content (AvgIpc) is 2.44. The predicted molar refractivity (Wildman–Crippen MR) is 76.4 cm³/mol. The van der Waals surface area contributed by atoms with E-state index >= 15 is 0 Å². The summed E-state index contributed by atoms with van der Waals surface area (Å²) in [5, 5.41) is 0. The molecule has 0 aromatic heterocycles. The number of hydrogen-bond donors (Lipinski definition) is 1. The van der Waals surface area contributed by atoms with Crippen molar-refractivity contribution < 1.29 is 13.9 Å². The summed E-state index contributed by atoms with van der Waals surface area (Å²) in [4.78, 5) is 0. The Kier molecular flexibility index (Phi) is 4.96. The third-order valence-electron chi connectivity index (χ3n) is 2.83. The molecule has 0 saturated heterocycles. The van der Waals surface area contributed by atoms with Gasteiger partial charge in [-0.25, -0.2) is 4.39 Å². The van der Waals surface area contributed by atoms with E-state index in [1.807, 2.05) is 30.3 Å². The fraction of sp³-hybridized carbons (Fsp3) is 0.250. The van der Waals surface area contributed by atoms with Crippen molar-refractivity contribution in [2.75, 3.05) is 13.2 Å². The Bertz CT molecular complexity index is 543. The van der Waals surface area contributed by atoms with E-state index in [1.54, 1.807) is 19.1 Å². The summed E-state index contributed by atoms with van der Waals surface area (Å²) in [5.74, 6) is 0.916. The quantitative estimate of drug-likeness (QED) is 0.823. The van der Waals surface area contributed by atoms with Gasteiger partial charge in [-0.2, -0.15) is 0 Å². The molecule has 106 valence electrons. The molecule has 2 rings (SSSR count). The molecular formula is C16H18FNO2. The molecule has 0 radical (unpaired) electrons. The molecular weight excluding hydrogens is 257 g/mol. The number of hydrogen-bond acceptors (Lipinski definition) is 3. The predicted octanol–water partition coefficient (Wildman–Crippen LogP) is 3.30. The van der Waals surface area contributed by atoms with Crippen molar-refractivity contribution >= 4 is 0 Å². The van der Waals surface area contributed by atoms with Crippen LogP contribution in [0.15, 0.2) is 48.5 Å². The van der Waals surface area contributed by atoms with Crippen LogP contribution in [-0.2, 0) is 0 Å². The molecule has 2 aromatic rings. The molecule has 0 aliphatic heterocycles. The second-order valence-corrected chi connectivity index (χ2v) is 4.48. The summed E-state index contributed by atoms with van der Waals surface area (Å²) < 4.78 is 24.6. The Morgan fingerprint density at radius 1 is 1.00 bits per heavy atom. The van der Waals surface area contributed by atoms with Crippen molar-refractivity contribution in [1.82, 2.24) is 0 Å². The minimum atomic E-state index is -0.346. The van der Waals surface area contributed by atoms with Crippen molar-refractivity contribution in [2.24, 2.45) is 5.73 Å². The maximum atomic E-state index is 13.7. The summed E-state index contributed by atoms with van der Waals surface area (Å²) in [6.07, 6.45) is 0. The Labute approximate surface area is 118 Å². The highest BCUT2D eigenvalue weighted by Gasteiger charge is 2.07. The van der Waals surface area contributed by atoms with Crippen molar-refractivity contribution in [3.05, 3.63) is 59.9 Å². The van der Waals surface area contributed by atoms with Crippen LogP contribution in [0.1, 0.15) is 18.5 Å². The van der Waals surface area contributed by atoms with E-state index in [9.17, 15) is 4.39 Å². The van der Waals surface area contributed by atoms with Crippen molar-refractivity contribution in [1.29, 1.82) is 0 Å². The van der Waals surface area contributed by atoms with Crippen LogP contribution in [0.3, 0.4) is 0 Å². The minimum absolute atomic E-state index is 0.328. The lowest BCUT2D eigenvalue weighted by molar-refractivity contribution is 0.216. The number of rotatable bonds is 6. The Morgan fingerprint density at radius 2 is 1.65 bits per heavy atom. The van der Waals surface area contributed by atoms with Crippen LogP contribution in [0.25, 0.3) is 0 Å². The number of para-hydroxylation sites is 1. The molecule has 20 heavy (non-hydrogen) atoms. The van der Waals surface area contributed by atoms with Gasteiger partial charge in [0.15, 0.2) is 0 Å². The van der Waals surface area contributed by atoms with E-state index in [-0.39, 0.29) is 11.9 Å². The molecule has 4 heteroatoms. The number of benzene rings is 2. The highest BCUT2D eigenvalue weighted by molar-refractivity contribution is 5.30. The van der Waals surface area contributed by atoms with Gasteiger partial charge in [-0.05, 0) is 25.1 Å². The second-order valence-electron chi connectivity index (χ2n) is 4.48. The van der Waals surface area contributed by atoms with Crippen molar-refractivity contribution in [3.63, 3.8) is 0 Å². The van der Waals surface area contributed by atoms with Crippen LogP contribution >= 0.6 is 0 Å². The monoisotopic (exact) mass is 275 g/mol. The van der Waals surface area contributed by atoms with Gasteiger partial charge >= 0.3 is 0 Å². The molecule has 0 fully saturated rings. The third-order valence-corrected chi connectivity index (χ3v) is 2.83. The van der Waals surface area contributed by atoms with E-state index in [0.717, 1.165) is 5.75 Å². The molecule has 2 aromatic carbocycles. The van der Waals surface area contributed by atoms with E-state index < -0.39 is 0 Å². The Balaban J connectivity index is 1.81. The standard InChI is InChI=1S/C16H18FNO2/c1-12(18)15-8-7-14(11-16(15)17)20-10-9-19-13-5-3-2-4-6-13/h2-8,11-12H,9-10,18H2,1H3/t12-/m1/s1. The van der Waals surface area contributed by atoms with Gasteiger partial charge in [0.1, 0.15) is 30.5 Å². The summed E-state index contributed by atoms with van der Waals surface area (Å²) in [6, 6.07) is 13.8. The SMILES string of the molecule is C[C@@H](N)c1ccc(OCCOc2ccccc2)cc1F. The highest BCUT2D eigenvalue weighted by Crippen LogP contribution is 2.20. The first-order valence-electron chi connectivity index (χ1n) is 6.52. The first-order chi connectivity index (χ1) is 9.66. The summed E-state index contributed by atoms with van der Waals surface area (Å²) >= 11 is 0. The van der Waals surface area contributed by atoms with Gasteiger partial charge in [-0.1, -0.05) is 24.3 Å². The number of nitrogens with two attached hydrogens (primary N) is 1. The van der Waals surface area contributed by atoms with Crippen LogP contribution < -0.4 is 15.2 Å². The number of halogens is 1. The number of ether oxygens (including phenoxy) is 2.